The number of carbonyl (C=O) groups is 1. The van der Waals surface area contributed by atoms with Crippen LogP contribution in [0.15, 0.2) is 24.3 Å². The number of methoxy groups -OCH3 is 2. The predicted octanol–water partition coefficient (Wildman–Crippen LogP) is 0.848. The molecule has 7 heteroatoms. The zero-order valence-corrected chi connectivity index (χ0v) is 13.2. The summed E-state index contributed by atoms with van der Waals surface area (Å²) in [6.07, 6.45) is 0. The van der Waals surface area contributed by atoms with Gasteiger partial charge in [0.15, 0.2) is 0 Å². The second-order valence-corrected chi connectivity index (χ2v) is 4.04. The summed E-state index contributed by atoms with van der Waals surface area (Å²) in [7, 11) is 3.24. The first-order valence-corrected chi connectivity index (χ1v) is 6.49. The monoisotopic (exact) mass is 318 g/mol. The van der Waals surface area contributed by atoms with Gasteiger partial charge in [-0.25, -0.2) is 0 Å². The van der Waals surface area contributed by atoms with Crippen molar-refractivity contribution in [2.24, 2.45) is 0 Å². The summed E-state index contributed by atoms with van der Waals surface area (Å²) in [6.45, 7) is 2.43. The second kappa shape index (κ2) is 12.3. The second-order valence-electron chi connectivity index (χ2n) is 4.04. The van der Waals surface area contributed by atoms with E-state index in [2.05, 4.69) is 10.6 Å². The number of rotatable bonds is 10. The van der Waals surface area contributed by atoms with E-state index in [1.54, 1.807) is 14.2 Å². The van der Waals surface area contributed by atoms with Crippen LogP contribution in [-0.2, 0) is 9.53 Å². The maximum atomic E-state index is 11.4. The largest absolute Gasteiger partial charge is 0.497 e. The molecule has 120 valence electrons. The Morgan fingerprint density at radius 3 is 2.33 bits per heavy atom. The van der Waals surface area contributed by atoms with Crippen LogP contribution in [-0.4, -0.2) is 53.0 Å². The van der Waals surface area contributed by atoms with E-state index in [9.17, 15) is 4.79 Å². The lowest BCUT2D eigenvalue weighted by Crippen LogP contribution is -2.37. The third kappa shape index (κ3) is 9.12. The lowest BCUT2D eigenvalue weighted by atomic mass is 10.3. The van der Waals surface area contributed by atoms with Gasteiger partial charge in [-0.15, -0.1) is 12.4 Å². The van der Waals surface area contributed by atoms with E-state index >= 15 is 0 Å². The van der Waals surface area contributed by atoms with Gasteiger partial charge in [0.25, 0.3) is 0 Å². The van der Waals surface area contributed by atoms with Crippen LogP contribution >= 0.6 is 12.4 Å². The molecule has 0 saturated heterocycles. The molecular formula is C14H23ClN2O4. The van der Waals surface area contributed by atoms with E-state index in [1.165, 1.54) is 0 Å². The first-order chi connectivity index (χ1) is 9.76. The number of benzene rings is 1. The van der Waals surface area contributed by atoms with Gasteiger partial charge in [0, 0.05) is 13.7 Å². The van der Waals surface area contributed by atoms with E-state index < -0.39 is 0 Å². The van der Waals surface area contributed by atoms with E-state index in [1.807, 2.05) is 24.3 Å². The van der Waals surface area contributed by atoms with Crippen molar-refractivity contribution in [2.45, 2.75) is 0 Å². The van der Waals surface area contributed by atoms with Gasteiger partial charge < -0.3 is 24.8 Å². The fraction of sp³-hybridized carbons (Fsp3) is 0.500. The third-order valence-electron chi connectivity index (χ3n) is 2.52. The molecule has 1 rings (SSSR count). The molecule has 0 bridgehead atoms. The summed E-state index contributed by atoms with van der Waals surface area (Å²) in [6, 6.07) is 7.31. The summed E-state index contributed by atoms with van der Waals surface area (Å²) in [5.74, 6) is 1.48. The van der Waals surface area contributed by atoms with Gasteiger partial charge in [-0.2, -0.15) is 0 Å². The van der Waals surface area contributed by atoms with Crippen LogP contribution in [0.3, 0.4) is 0 Å². The normalized spacial score (nSPS) is 9.62. The van der Waals surface area contributed by atoms with Gasteiger partial charge in [0.1, 0.15) is 18.1 Å². The Hall–Kier alpha value is -1.50. The average molecular weight is 319 g/mol. The van der Waals surface area contributed by atoms with E-state index in [-0.39, 0.29) is 24.9 Å². The Morgan fingerprint density at radius 1 is 1.05 bits per heavy atom. The van der Waals surface area contributed by atoms with Crippen LogP contribution in [0.25, 0.3) is 0 Å². The highest BCUT2D eigenvalue weighted by Gasteiger charge is 2.00. The van der Waals surface area contributed by atoms with E-state index in [0.717, 1.165) is 11.5 Å². The molecule has 6 nitrogen and oxygen atoms in total. The van der Waals surface area contributed by atoms with Crippen molar-refractivity contribution >= 4 is 18.3 Å². The Balaban J connectivity index is 0.00000400. The summed E-state index contributed by atoms with van der Waals surface area (Å²) in [5, 5.41) is 5.73. The minimum Gasteiger partial charge on any atom is -0.497 e. The smallest absolute Gasteiger partial charge is 0.234 e. The number of ether oxygens (including phenoxy) is 3. The minimum absolute atomic E-state index is 0. The number of carbonyl (C=O) groups excluding carboxylic acids is 1. The first kappa shape index (κ1) is 19.5. The highest BCUT2D eigenvalue weighted by atomic mass is 35.5. The van der Waals surface area contributed by atoms with Gasteiger partial charge in [-0.1, -0.05) is 0 Å². The van der Waals surface area contributed by atoms with Gasteiger partial charge in [-0.3, -0.25) is 4.79 Å². The summed E-state index contributed by atoms with van der Waals surface area (Å²) in [4.78, 5) is 11.4. The number of halogens is 1. The molecule has 2 N–H and O–H groups in total. The van der Waals surface area contributed by atoms with Crippen LogP contribution in [0.4, 0.5) is 0 Å². The van der Waals surface area contributed by atoms with Crippen molar-refractivity contribution in [1.29, 1.82) is 0 Å². The number of hydrogen-bond donors (Lipinski definition) is 2. The summed E-state index contributed by atoms with van der Waals surface area (Å²) < 4.78 is 15.4. The molecule has 1 aromatic rings. The molecule has 0 aliphatic heterocycles. The molecule has 1 amide bonds. The van der Waals surface area contributed by atoms with E-state index in [4.69, 9.17) is 14.2 Å². The van der Waals surface area contributed by atoms with Crippen LogP contribution in [0, 0.1) is 0 Å². The SMILES string of the molecule is COCCNCC(=O)NCCOc1ccc(OC)cc1.Cl. The Morgan fingerprint density at radius 2 is 1.71 bits per heavy atom. The lowest BCUT2D eigenvalue weighted by molar-refractivity contribution is -0.120. The standard InChI is InChI=1S/C14H22N2O4.ClH/c1-18-9-7-15-11-14(17)16-8-10-20-13-5-3-12(19-2)4-6-13;/h3-6,15H,7-11H2,1-2H3,(H,16,17);1H. The van der Waals surface area contributed by atoms with Crippen molar-refractivity contribution in [3.8, 4) is 11.5 Å². The van der Waals surface area contributed by atoms with Crippen molar-refractivity contribution in [3.05, 3.63) is 24.3 Å². The van der Waals surface area contributed by atoms with Gasteiger partial charge in [0.2, 0.25) is 5.91 Å². The van der Waals surface area contributed by atoms with Crippen LogP contribution in [0.2, 0.25) is 0 Å². The zero-order chi connectivity index (χ0) is 14.6. The number of hydrogen-bond acceptors (Lipinski definition) is 5. The molecule has 0 aromatic heterocycles. The topological polar surface area (TPSA) is 68.8 Å². The Kier molecular flexibility index (Phi) is 11.4. The third-order valence-corrected chi connectivity index (χ3v) is 2.52. The van der Waals surface area contributed by atoms with Crippen molar-refractivity contribution in [1.82, 2.24) is 10.6 Å². The fourth-order valence-electron chi connectivity index (χ4n) is 1.47. The van der Waals surface area contributed by atoms with E-state index in [0.29, 0.717) is 26.3 Å². The molecule has 0 fully saturated rings. The maximum Gasteiger partial charge on any atom is 0.234 e. The molecule has 0 aliphatic carbocycles. The van der Waals surface area contributed by atoms with Crippen LogP contribution < -0.4 is 20.1 Å². The number of amides is 1. The zero-order valence-electron chi connectivity index (χ0n) is 12.4. The highest BCUT2D eigenvalue weighted by Crippen LogP contribution is 2.16. The molecule has 0 spiro atoms. The molecule has 0 saturated carbocycles. The van der Waals surface area contributed by atoms with Crippen LogP contribution in [0.5, 0.6) is 11.5 Å². The van der Waals surface area contributed by atoms with Gasteiger partial charge in [0.05, 0.1) is 26.8 Å². The van der Waals surface area contributed by atoms with Crippen molar-refractivity contribution in [2.75, 3.05) is 47.1 Å². The highest BCUT2D eigenvalue weighted by molar-refractivity contribution is 5.85. The average Bonchev–Trinajstić information content (AvgIpc) is 2.49. The summed E-state index contributed by atoms with van der Waals surface area (Å²) in [5.41, 5.74) is 0. The molecule has 0 unspecified atom stereocenters. The molecule has 0 atom stereocenters. The molecule has 0 radical (unpaired) electrons. The first-order valence-electron chi connectivity index (χ1n) is 6.49. The van der Waals surface area contributed by atoms with Gasteiger partial charge in [-0.05, 0) is 24.3 Å². The predicted molar refractivity (Wildman–Crippen MR) is 83.5 cm³/mol. The lowest BCUT2D eigenvalue weighted by Gasteiger charge is -2.09. The minimum atomic E-state index is -0.0561. The number of nitrogens with one attached hydrogen (secondary N) is 2. The molecule has 0 heterocycles. The van der Waals surface area contributed by atoms with Crippen molar-refractivity contribution < 1.29 is 19.0 Å². The maximum absolute atomic E-state index is 11.4. The molecule has 1 aromatic carbocycles. The van der Waals surface area contributed by atoms with Crippen LogP contribution in [0.1, 0.15) is 0 Å². The Bertz CT molecular complexity index is 387. The molecule has 0 aliphatic rings. The van der Waals surface area contributed by atoms with Crippen molar-refractivity contribution in [3.63, 3.8) is 0 Å². The molecular weight excluding hydrogens is 296 g/mol. The quantitative estimate of drug-likeness (QED) is 0.626. The fourth-order valence-corrected chi connectivity index (χ4v) is 1.47. The van der Waals surface area contributed by atoms with Gasteiger partial charge >= 0.3 is 0 Å². The Labute approximate surface area is 131 Å². The molecule has 21 heavy (non-hydrogen) atoms. The summed E-state index contributed by atoms with van der Waals surface area (Å²) >= 11 is 0.